The molecule has 2 amide bonds. The average Bonchev–Trinajstić information content (AvgIpc) is 2.94. The Hall–Kier alpha value is -3.38. The number of carbonyl (C=O) groups excluding carboxylic acids is 2. The molecule has 0 aliphatic carbocycles. The summed E-state index contributed by atoms with van der Waals surface area (Å²) in [5.41, 5.74) is 5.44. The minimum Gasteiger partial charge on any atom is -0.481 e. The molecule has 0 aromatic rings. The van der Waals surface area contributed by atoms with Crippen molar-refractivity contribution >= 4 is 41.5 Å². The van der Waals surface area contributed by atoms with Crippen LogP contribution >= 0.6 is 11.8 Å². The van der Waals surface area contributed by atoms with E-state index in [9.17, 15) is 24.0 Å². The number of hydrogen-bond acceptors (Lipinski definition) is 7. The first-order valence-electron chi connectivity index (χ1n) is 14.3. The maximum Gasteiger partial charge on any atom is 0.322 e. The van der Waals surface area contributed by atoms with E-state index in [4.69, 9.17) is 21.1 Å². The lowest BCUT2D eigenvalue weighted by molar-refractivity contribution is -0.139. The van der Waals surface area contributed by atoms with E-state index in [-0.39, 0.29) is 30.3 Å². The molecule has 12 heteroatoms. The van der Waals surface area contributed by atoms with Gasteiger partial charge in [-0.3, -0.25) is 24.0 Å². The third-order valence-electron chi connectivity index (χ3n) is 5.88. The van der Waals surface area contributed by atoms with Gasteiger partial charge in [0, 0.05) is 23.8 Å². The average molecular weight is 610 g/mol. The van der Waals surface area contributed by atoms with Crippen LogP contribution in [0.5, 0.6) is 0 Å². The molecule has 0 radical (unpaired) electrons. The smallest absolute Gasteiger partial charge is 0.322 e. The van der Waals surface area contributed by atoms with Crippen molar-refractivity contribution in [3.8, 4) is 0 Å². The van der Waals surface area contributed by atoms with Crippen molar-refractivity contribution in [2.45, 2.75) is 94.9 Å². The summed E-state index contributed by atoms with van der Waals surface area (Å²) in [6, 6.07) is -2.29. The standard InChI is InChI=1S/C30H47N3O8S/c1-2-3-4-5-6-7-8-9-10-11-12-13-16-23(17-14-15-18-27(35)36)42-22-25(29(39)32-21-28(37)38)33-26(34)20-19-24(31)30(40)41/h6-7,9-13,16,23-25H,2-5,8,14-15,17-22,31H2,1H3,(H,32,39)(H,33,34)(H,35,36)(H,37,38)(H,40,41)/b7-6-,10-9+,12-11+,16-13+/t23-,24+,25+/m1/s1. The molecule has 0 fully saturated rings. The first-order valence-corrected chi connectivity index (χ1v) is 15.4. The van der Waals surface area contributed by atoms with E-state index in [1.165, 1.54) is 31.0 Å². The van der Waals surface area contributed by atoms with Crippen LogP contribution < -0.4 is 16.4 Å². The fourth-order valence-electron chi connectivity index (χ4n) is 3.50. The molecule has 0 spiro atoms. The van der Waals surface area contributed by atoms with Gasteiger partial charge in [-0.15, -0.1) is 0 Å². The van der Waals surface area contributed by atoms with Gasteiger partial charge < -0.3 is 31.7 Å². The molecule has 0 saturated carbocycles. The highest BCUT2D eigenvalue weighted by atomic mass is 32.2. The van der Waals surface area contributed by atoms with Crippen molar-refractivity contribution in [2.75, 3.05) is 12.3 Å². The van der Waals surface area contributed by atoms with E-state index in [0.717, 1.165) is 12.8 Å². The number of carboxylic acids is 3. The Bertz CT molecular complexity index is 949. The summed E-state index contributed by atoms with van der Waals surface area (Å²) in [7, 11) is 0. The highest BCUT2D eigenvalue weighted by Gasteiger charge is 2.23. The molecule has 0 saturated heterocycles. The Morgan fingerprint density at radius 1 is 0.833 bits per heavy atom. The van der Waals surface area contributed by atoms with Crippen molar-refractivity contribution in [1.29, 1.82) is 0 Å². The van der Waals surface area contributed by atoms with Crippen LogP contribution in [-0.2, 0) is 24.0 Å². The highest BCUT2D eigenvalue weighted by Crippen LogP contribution is 2.21. The molecule has 3 atom stereocenters. The minimum absolute atomic E-state index is 0.0492. The second kappa shape index (κ2) is 25.3. The highest BCUT2D eigenvalue weighted by molar-refractivity contribution is 8.00. The number of allylic oxidation sites excluding steroid dienone is 7. The molecule has 0 bridgehead atoms. The van der Waals surface area contributed by atoms with Gasteiger partial charge >= 0.3 is 17.9 Å². The molecule has 0 unspecified atom stereocenters. The number of unbranched alkanes of at least 4 members (excludes halogenated alkanes) is 4. The quantitative estimate of drug-likeness (QED) is 0.0503. The van der Waals surface area contributed by atoms with Crippen LogP contribution in [0.4, 0.5) is 0 Å². The molecule has 11 nitrogen and oxygen atoms in total. The fraction of sp³-hybridized carbons (Fsp3) is 0.567. The molecule has 0 aromatic heterocycles. The van der Waals surface area contributed by atoms with E-state index in [2.05, 4.69) is 29.7 Å². The summed E-state index contributed by atoms with van der Waals surface area (Å²) >= 11 is 1.37. The van der Waals surface area contributed by atoms with Gasteiger partial charge in [-0.2, -0.15) is 11.8 Å². The van der Waals surface area contributed by atoms with Crippen LogP contribution in [0.3, 0.4) is 0 Å². The summed E-state index contributed by atoms with van der Waals surface area (Å²) in [6.45, 7) is 1.56. The number of thioether (sulfide) groups is 1. The predicted octanol–water partition coefficient (Wildman–Crippen LogP) is 3.81. The molecular weight excluding hydrogens is 562 g/mol. The van der Waals surface area contributed by atoms with Crippen LogP contribution in [-0.4, -0.2) is 74.7 Å². The second-order valence-electron chi connectivity index (χ2n) is 9.63. The van der Waals surface area contributed by atoms with Crippen molar-refractivity contribution in [3.63, 3.8) is 0 Å². The molecule has 0 aliphatic rings. The SMILES string of the molecule is CCCCC/C=C\C/C=C/C=C/C=C/[C@H](CCCCC(=O)O)SC[C@H](NC(=O)CC[C@H](N)C(=O)O)C(=O)NCC(=O)O. The van der Waals surface area contributed by atoms with Gasteiger partial charge in [-0.05, 0) is 38.5 Å². The number of rotatable bonds is 25. The van der Waals surface area contributed by atoms with Crippen molar-refractivity contribution in [3.05, 3.63) is 48.6 Å². The van der Waals surface area contributed by atoms with Crippen molar-refractivity contribution in [1.82, 2.24) is 10.6 Å². The number of nitrogens with one attached hydrogen (secondary N) is 2. The Balaban J connectivity index is 5.20. The van der Waals surface area contributed by atoms with Gasteiger partial charge in [0.15, 0.2) is 0 Å². The molecule has 0 rings (SSSR count). The largest absolute Gasteiger partial charge is 0.481 e. The van der Waals surface area contributed by atoms with Gasteiger partial charge in [0.05, 0.1) is 0 Å². The predicted molar refractivity (Wildman–Crippen MR) is 165 cm³/mol. The van der Waals surface area contributed by atoms with Crippen LogP contribution in [0.15, 0.2) is 48.6 Å². The van der Waals surface area contributed by atoms with E-state index in [1.54, 1.807) is 0 Å². The monoisotopic (exact) mass is 609 g/mol. The Morgan fingerprint density at radius 3 is 2.24 bits per heavy atom. The van der Waals surface area contributed by atoms with E-state index >= 15 is 0 Å². The molecular formula is C30H47N3O8S. The van der Waals surface area contributed by atoms with Gasteiger partial charge in [-0.1, -0.05) is 74.8 Å². The zero-order valence-corrected chi connectivity index (χ0v) is 25.2. The first-order chi connectivity index (χ1) is 20.1. The van der Waals surface area contributed by atoms with Gasteiger partial charge in [-0.25, -0.2) is 0 Å². The maximum atomic E-state index is 12.6. The molecule has 0 aromatic carbocycles. The zero-order valence-electron chi connectivity index (χ0n) is 24.4. The summed E-state index contributed by atoms with van der Waals surface area (Å²) in [5, 5.41) is 31.4. The van der Waals surface area contributed by atoms with Crippen LogP contribution in [0.1, 0.15) is 77.6 Å². The number of carbonyl (C=O) groups is 5. The van der Waals surface area contributed by atoms with Crippen LogP contribution in [0, 0.1) is 0 Å². The van der Waals surface area contributed by atoms with Gasteiger partial charge in [0.1, 0.15) is 18.6 Å². The van der Waals surface area contributed by atoms with Gasteiger partial charge in [0.25, 0.3) is 0 Å². The fourth-order valence-corrected chi connectivity index (χ4v) is 4.71. The normalized spacial score (nSPS) is 14.0. The molecule has 0 aliphatic heterocycles. The summed E-state index contributed by atoms with van der Waals surface area (Å²) < 4.78 is 0. The molecule has 42 heavy (non-hydrogen) atoms. The zero-order chi connectivity index (χ0) is 31.6. The Morgan fingerprint density at radius 2 is 1.57 bits per heavy atom. The van der Waals surface area contributed by atoms with E-state index in [0.29, 0.717) is 19.3 Å². The maximum absolute atomic E-state index is 12.6. The molecule has 7 N–H and O–H groups in total. The number of hydrogen-bond donors (Lipinski definition) is 6. The first kappa shape index (κ1) is 38.6. The Labute approximate surface area is 252 Å². The molecule has 236 valence electrons. The Kier molecular flexibility index (Phi) is 23.3. The number of aliphatic carboxylic acids is 3. The number of amides is 2. The lowest BCUT2D eigenvalue weighted by Gasteiger charge is -2.20. The summed E-state index contributed by atoms with van der Waals surface area (Å²) in [5.74, 6) is -4.51. The van der Waals surface area contributed by atoms with E-state index < -0.39 is 48.4 Å². The number of nitrogens with two attached hydrogens (primary N) is 1. The van der Waals surface area contributed by atoms with Crippen LogP contribution in [0.25, 0.3) is 0 Å². The lowest BCUT2D eigenvalue weighted by atomic mass is 10.1. The van der Waals surface area contributed by atoms with E-state index in [1.807, 2.05) is 36.5 Å². The number of carboxylic acid groups (broad SMARTS) is 3. The van der Waals surface area contributed by atoms with Gasteiger partial charge in [0.2, 0.25) is 11.8 Å². The summed E-state index contributed by atoms with van der Waals surface area (Å²) in [6.07, 6.45) is 23.0. The van der Waals surface area contributed by atoms with Crippen molar-refractivity contribution in [2.24, 2.45) is 5.73 Å². The third-order valence-corrected chi connectivity index (χ3v) is 7.23. The summed E-state index contributed by atoms with van der Waals surface area (Å²) in [4.78, 5) is 57.7. The topological polar surface area (TPSA) is 196 Å². The molecule has 0 heterocycles. The van der Waals surface area contributed by atoms with Crippen molar-refractivity contribution < 1.29 is 39.3 Å². The van der Waals surface area contributed by atoms with Crippen LogP contribution in [0.2, 0.25) is 0 Å². The lowest BCUT2D eigenvalue weighted by Crippen LogP contribution is -2.49. The second-order valence-corrected chi connectivity index (χ2v) is 10.9. The third kappa shape index (κ3) is 23.3. The minimum atomic E-state index is -1.24.